The van der Waals surface area contributed by atoms with Gasteiger partial charge in [-0.05, 0) is 31.4 Å². The number of aliphatic hydroxyl groups is 1. The molecule has 4 heteroatoms. The van der Waals surface area contributed by atoms with Crippen molar-refractivity contribution < 1.29 is 14.3 Å². The molecule has 0 spiro atoms. The van der Waals surface area contributed by atoms with E-state index >= 15 is 0 Å². The van der Waals surface area contributed by atoms with E-state index < -0.39 is 0 Å². The van der Waals surface area contributed by atoms with Crippen LogP contribution in [0.25, 0.3) is 11.0 Å². The molecule has 2 rings (SSSR count). The third-order valence-electron chi connectivity index (χ3n) is 3.69. The molecule has 0 radical (unpaired) electrons. The largest absolute Gasteiger partial charge is 0.464 e. The lowest BCUT2D eigenvalue weighted by Gasteiger charge is -2.19. The van der Waals surface area contributed by atoms with Gasteiger partial charge in [0.1, 0.15) is 5.58 Å². The molecule has 2 unspecified atom stereocenters. The zero-order valence-electron chi connectivity index (χ0n) is 12.1. The Balaban J connectivity index is 2.07. The number of carbonyl (C=O) groups excluding carboxylic acids is 1. The third-order valence-corrected chi connectivity index (χ3v) is 3.69. The van der Waals surface area contributed by atoms with Crippen molar-refractivity contribution in [2.75, 3.05) is 6.61 Å². The first-order valence-corrected chi connectivity index (χ1v) is 6.88. The predicted octanol–water partition coefficient (Wildman–Crippen LogP) is 2.42. The summed E-state index contributed by atoms with van der Waals surface area (Å²) in [4.78, 5) is 12.0. The van der Waals surface area contributed by atoms with Crippen LogP contribution in [0.5, 0.6) is 0 Å². The Hall–Kier alpha value is -1.81. The number of hydrogen-bond acceptors (Lipinski definition) is 3. The van der Waals surface area contributed by atoms with Crippen LogP contribution in [0.2, 0.25) is 0 Å². The first kappa shape index (κ1) is 14.6. The molecule has 2 aromatic rings. The van der Waals surface area contributed by atoms with E-state index in [4.69, 9.17) is 9.52 Å². The van der Waals surface area contributed by atoms with Crippen LogP contribution in [-0.4, -0.2) is 23.7 Å². The van der Waals surface area contributed by atoms with Crippen LogP contribution in [0.1, 0.15) is 25.0 Å². The fourth-order valence-electron chi connectivity index (χ4n) is 2.11. The van der Waals surface area contributed by atoms with Gasteiger partial charge in [0.25, 0.3) is 0 Å². The maximum atomic E-state index is 12.0. The van der Waals surface area contributed by atoms with Gasteiger partial charge in [0.05, 0.1) is 12.7 Å². The van der Waals surface area contributed by atoms with E-state index in [9.17, 15) is 4.79 Å². The van der Waals surface area contributed by atoms with Gasteiger partial charge in [-0.15, -0.1) is 0 Å². The lowest BCUT2D eigenvalue weighted by molar-refractivity contribution is -0.121. The number of rotatable bonds is 5. The Labute approximate surface area is 118 Å². The third kappa shape index (κ3) is 3.20. The van der Waals surface area contributed by atoms with E-state index in [1.807, 2.05) is 39.0 Å². The SMILES string of the molecule is Cc1ccc2c(CC(=O)NC(C)C(C)CO)coc2c1. The molecule has 4 nitrogen and oxygen atoms in total. The molecule has 0 fully saturated rings. The molecule has 0 aliphatic heterocycles. The molecule has 1 heterocycles. The second kappa shape index (κ2) is 6.09. The van der Waals surface area contributed by atoms with E-state index in [0.29, 0.717) is 6.42 Å². The highest BCUT2D eigenvalue weighted by atomic mass is 16.3. The summed E-state index contributed by atoms with van der Waals surface area (Å²) in [6.45, 7) is 5.87. The second-order valence-corrected chi connectivity index (χ2v) is 5.45. The van der Waals surface area contributed by atoms with Crippen molar-refractivity contribution >= 4 is 16.9 Å². The summed E-state index contributed by atoms with van der Waals surface area (Å²) in [5, 5.41) is 13.0. The minimum Gasteiger partial charge on any atom is -0.464 e. The lowest BCUT2D eigenvalue weighted by Crippen LogP contribution is -2.39. The van der Waals surface area contributed by atoms with Gasteiger partial charge >= 0.3 is 0 Å². The van der Waals surface area contributed by atoms with Crippen LogP contribution in [-0.2, 0) is 11.2 Å². The summed E-state index contributed by atoms with van der Waals surface area (Å²) in [7, 11) is 0. The van der Waals surface area contributed by atoms with Gasteiger partial charge < -0.3 is 14.8 Å². The molecular formula is C16H21NO3. The maximum absolute atomic E-state index is 12.0. The Morgan fingerprint density at radius 2 is 2.15 bits per heavy atom. The summed E-state index contributed by atoms with van der Waals surface area (Å²) in [6.07, 6.45) is 1.93. The van der Waals surface area contributed by atoms with Gasteiger partial charge in [-0.25, -0.2) is 0 Å². The standard InChI is InChI=1S/C16H21NO3/c1-10-4-5-14-13(9-20-15(14)6-10)7-16(19)17-12(3)11(2)8-18/h4-6,9,11-12,18H,7-8H2,1-3H3,(H,17,19). The van der Waals surface area contributed by atoms with Crippen molar-refractivity contribution in [1.82, 2.24) is 5.32 Å². The smallest absolute Gasteiger partial charge is 0.224 e. The summed E-state index contributed by atoms with van der Waals surface area (Å²) < 4.78 is 5.48. The molecule has 1 aromatic carbocycles. The summed E-state index contributed by atoms with van der Waals surface area (Å²) in [6, 6.07) is 5.91. The summed E-state index contributed by atoms with van der Waals surface area (Å²) >= 11 is 0. The molecule has 0 saturated heterocycles. The Morgan fingerprint density at radius 3 is 2.85 bits per heavy atom. The highest BCUT2D eigenvalue weighted by molar-refractivity contribution is 5.88. The van der Waals surface area contributed by atoms with Crippen LogP contribution < -0.4 is 5.32 Å². The van der Waals surface area contributed by atoms with Crippen molar-refractivity contribution in [1.29, 1.82) is 0 Å². The Kier molecular flexibility index (Phi) is 4.45. The van der Waals surface area contributed by atoms with Crippen molar-refractivity contribution in [3.8, 4) is 0 Å². The zero-order chi connectivity index (χ0) is 14.7. The number of benzene rings is 1. The molecule has 0 saturated carbocycles. The fourth-order valence-corrected chi connectivity index (χ4v) is 2.11. The van der Waals surface area contributed by atoms with Gasteiger partial charge in [-0.1, -0.05) is 19.1 Å². The predicted molar refractivity (Wildman–Crippen MR) is 78.5 cm³/mol. The number of aliphatic hydroxyl groups excluding tert-OH is 1. The van der Waals surface area contributed by atoms with Gasteiger partial charge in [-0.2, -0.15) is 0 Å². The summed E-state index contributed by atoms with van der Waals surface area (Å²) in [5.74, 6) is -0.0104. The van der Waals surface area contributed by atoms with Crippen molar-refractivity contribution in [3.63, 3.8) is 0 Å². The maximum Gasteiger partial charge on any atom is 0.224 e. The van der Waals surface area contributed by atoms with Gasteiger partial charge in [0.2, 0.25) is 5.91 Å². The normalized spacial score (nSPS) is 14.2. The first-order valence-electron chi connectivity index (χ1n) is 6.88. The average molecular weight is 275 g/mol. The van der Waals surface area contributed by atoms with Crippen LogP contribution in [0.4, 0.5) is 0 Å². The number of furan rings is 1. The minimum absolute atomic E-state index is 0.0442. The zero-order valence-corrected chi connectivity index (χ0v) is 12.1. The molecule has 108 valence electrons. The highest BCUT2D eigenvalue weighted by Gasteiger charge is 2.16. The molecule has 20 heavy (non-hydrogen) atoms. The number of fused-ring (bicyclic) bond motifs is 1. The molecular weight excluding hydrogens is 254 g/mol. The molecule has 0 aliphatic carbocycles. The van der Waals surface area contributed by atoms with E-state index in [1.165, 1.54) is 0 Å². The molecule has 1 aromatic heterocycles. The van der Waals surface area contributed by atoms with Crippen LogP contribution >= 0.6 is 0 Å². The summed E-state index contributed by atoms with van der Waals surface area (Å²) in [5.41, 5.74) is 2.83. The molecule has 2 atom stereocenters. The topological polar surface area (TPSA) is 62.5 Å². The lowest BCUT2D eigenvalue weighted by atomic mass is 10.0. The number of aryl methyl sites for hydroxylation is 1. The van der Waals surface area contributed by atoms with Crippen molar-refractivity contribution in [2.24, 2.45) is 5.92 Å². The van der Waals surface area contributed by atoms with Crippen LogP contribution in [0.3, 0.4) is 0 Å². The fraction of sp³-hybridized carbons (Fsp3) is 0.438. The molecule has 0 aliphatic rings. The Morgan fingerprint density at radius 1 is 1.40 bits per heavy atom. The quantitative estimate of drug-likeness (QED) is 0.881. The van der Waals surface area contributed by atoms with E-state index in [0.717, 1.165) is 22.1 Å². The van der Waals surface area contributed by atoms with E-state index in [2.05, 4.69) is 5.32 Å². The number of nitrogens with one attached hydrogen (secondary N) is 1. The second-order valence-electron chi connectivity index (χ2n) is 5.45. The van der Waals surface area contributed by atoms with Gasteiger partial charge in [0.15, 0.2) is 0 Å². The minimum atomic E-state index is -0.0546. The molecule has 2 N–H and O–H groups in total. The molecule has 1 amide bonds. The van der Waals surface area contributed by atoms with Crippen LogP contribution in [0.15, 0.2) is 28.9 Å². The monoisotopic (exact) mass is 275 g/mol. The number of hydrogen-bond donors (Lipinski definition) is 2. The average Bonchev–Trinajstić information content (AvgIpc) is 2.79. The van der Waals surface area contributed by atoms with Gasteiger partial charge in [0, 0.05) is 23.6 Å². The van der Waals surface area contributed by atoms with Crippen molar-refractivity contribution in [2.45, 2.75) is 33.2 Å². The van der Waals surface area contributed by atoms with Crippen molar-refractivity contribution in [3.05, 3.63) is 35.6 Å². The Bertz CT molecular complexity index is 603. The van der Waals surface area contributed by atoms with E-state index in [-0.39, 0.29) is 24.5 Å². The highest BCUT2D eigenvalue weighted by Crippen LogP contribution is 2.22. The van der Waals surface area contributed by atoms with Crippen LogP contribution in [0, 0.1) is 12.8 Å². The first-order chi connectivity index (χ1) is 9.51. The molecule has 0 bridgehead atoms. The van der Waals surface area contributed by atoms with E-state index in [1.54, 1.807) is 6.26 Å². The number of carbonyl (C=O) groups is 1. The number of amides is 1. The van der Waals surface area contributed by atoms with Gasteiger partial charge in [-0.3, -0.25) is 4.79 Å².